The average Bonchev–Trinajstić information content (AvgIpc) is 3.42. The highest BCUT2D eigenvalue weighted by molar-refractivity contribution is 7.09. The maximum atomic E-state index is 12.0. The molecule has 1 amide bonds. The molecule has 0 saturated carbocycles. The van der Waals surface area contributed by atoms with Crippen molar-refractivity contribution in [2.75, 3.05) is 5.32 Å². The lowest BCUT2D eigenvalue weighted by Gasteiger charge is -2.18. The van der Waals surface area contributed by atoms with Crippen LogP contribution in [0, 0.1) is 6.92 Å². The lowest BCUT2D eigenvalue weighted by atomic mass is 10.0. The minimum absolute atomic E-state index is 0.229. The molecule has 0 atom stereocenters. The van der Waals surface area contributed by atoms with Crippen LogP contribution in [0.15, 0.2) is 35.8 Å². The van der Waals surface area contributed by atoms with Crippen molar-refractivity contribution in [3.63, 3.8) is 0 Å². The Labute approximate surface area is 189 Å². The summed E-state index contributed by atoms with van der Waals surface area (Å²) in [5.74, 6) is -0.0775. The Morgan fingerprint density at radius 3 is 2.75 bits per heavy atom. The third-order valence-corrected chi connectivity index (χ3v) is 6.32. The van der Waals surface area contributed by atoms with Crippen LogP contribution in [0.3, 0.4) is 0 Å². The highest BCUT2D eigenvalue weighted by Gasteiger charge is 2.24. The van der Waals surface area contributed by atoms with Crippen molar-refractivity contribution in [3.8, 4) is 17.2 Å². The number of anilines is 1. The number of nitrogens with one attached hydrogen (secondary N) is 1. The van der Waals surface area contributed by atoms with E-state index in [1.54, 1.807) is 29.7 Å². The fourth-order valence-corrected chi connectivity index (χ4v) is 4.67. The number of carbonyl (C=O) groups is 2. The van der Waals surface area contributed by atoms with E-state index < -0.39 is 18.3 Å². The minimum atomic E-state index is -1.16. The zero-order valence-corrected chi connectivity index (χ0v) is 18.5. The number of ether oxygens (including phenoxy) is 1. The molecule has 0 saturated heterocycles. The van der Waals surface area contributed by atoms with Gasteiger partial charge in [-0.1, -0.05) is 0 Å². The summed E-state index contributed by atoms with van der Waals surface area (Å²) in [6.07, 6.45) is 5.16. The Hall–Kier alpha value is -3.39. The molecule has 2 aromatic carbocycles. The number of aromatic hydroxyl groups is 1. The Morgan fingerprint density at radius 1 is 1.19 bits per heavy atom. The molecule has 1 aliphatic rings. The molecule has 8 heteroatoms. The van der Waals surface area contributed by atoms with E-state index in [1.165, 1.54) is 0 Å². The lowest BCUT2D eigenvalue weighted by molar-refractivity contribution is -0.139. The van der Waals surface area contributed by atoms with E-state index in [2.05, 4.69) is 10.3 Å². The number of hydrogen-bond acceptors (Lipinski definition) is 6. The molecule has 32 heavy (non-hydrogen) atoms. The number of phenols is 1. The number of amides is 1. The van der Waals surface area contributed by atoms with Gasteiger partial charge in [-0.3, -0.25) is 9.59 Å². The predicted octanol–water partition coefficient (Wildman–Crippen LogP) is 4.64. The summed E-state index contributed by atoms with van der Waals surface area (Å²) in [6, 6.07) is 7.07. The van der Waals surface area contributed by atoms with Crippen LogP contribution in [-0.4, -0.2) is 27.1 Å². The Kier molecular flexibility index (Phi) is 6.41. The van der Waals surface area contributed by atoms with Crippen LogP contribution in [0.4, 0.5) is 5.69 Å². The smallest absolute Gasteiger partial charge is 0.312 e. The molecule has 1 heterocycles. The Bertz CT molecular complexity index is 1160. The van der Waals surface area contributed by atoms with Gasteiger partial charge in [0.1, 0.15) is 23.7 Å². The van der Waals surface area contributed by atoms with Crippen molar-refractivity contribution in [3.05, 3.63) is 63.1 Å². The molecule has 0 spiro atoms. The quantitative estimate of drug-likeness (QED) is 0.430. The standard InChI is InChI=1S/C24H24N2O5S/c1-14-11-19(26-21(28)13-23(29)30)17-3-2-4-18(17)24(14)31-16-6-7-20(27)15(12-16)5-8-22-25-9-10-32-22/h6-7,9-12,27H,2-5,8,13H2,1H3,(H,26,28)(H,29,30). The van der Waals surface area contributed by atoms with Gasteiger partial charge < -0.3 is 20.3 Å². The molecule has 1 aliphatic carbocycles. The first-order valence-electron chi connectivity index (χ1n) is 10.5. The number of carboxylic acid groups (broad SMARTS) is 1. The summed E-state index contributed by atoms with van der Waals surface area (Å²) < 4.78 is 6.28. The van der Waals surface area contributed by atoms with Gasteiger partial charge in [-0.15, -0.1) is 11.3 Å². The van der Waals surface area contributed by atoms with E-state index >= 15 is 0 Å². The molecule has 3 N–H and O–H groups in total. The first kappa shape index (κ1) is 21.8. The second-order valence-electron chi connectivity index (χ2n) is 7.82. The second kappa shape index (κ2) is 9.40. The minimum Gasteiger partial charge on any atom is -0.508 e. The highest BCUT2D eigenvalue weighted by atomic mass is 32.1. The fraction of sp³-hybridized carbons (Fsp3) is 0.292. The van der Waals surface area contributed by atoms with Gasteiger partial charge in [0.25, 0.3) is 0 Å². The van der Waals surface area contributed by atoms with Crippen molar-refractivity contribution >= 4 is 28.9 Å². The maximum Gasteiger partial charge on any atom is 0.312 e. The van der Waals surface area contributed by atoms with Gasteiger partial charge >= 0.3 is 5.97 Å². The summed E-state index contributed by atoms with van der Waals surface area (Å²) in [7, 11) is 0. The number of benzene rings is 2. The van der Waals surface area contributed by atoms with Gasteiger partial charge in [-0.25, -0.2) is 4.98 Å². The number of carbonyl (C=O) groups excluding carboxylic acids is 1. The van der Waals surface area contributed by atoms with Crippen molar-refractivity contribution in [2.24, 2.45) is 0 Å². The second-order valence-corrected chi connectivity index (χ2v) is 8.80. The maximum absolute atomic E-state index is 12.0. The van der Waals surface area contributed by atoms with Crippen LogP contribution in [0.2, 0.25) is 0 Å². The Morgan fingerprint density at radius 2 is 2.00 bits per heavy atom. The molecule has 3 aromatic rings. The zero-order chi connectivity index (χ0) is 22.7. The lowest BCUT2D eigenvalue weighted by Crippen LogP contribution is -2.17. The van der Waals surface area contributed by atoms with E-state index in [4.69, 9.17) is 9.84 Å². The fourth-order valence-electron chi connectivity index (χ4n) is 4.05. The first-order valence-corrected chi connectivity index (χ1v) is 11.3. The number of carboxylic acids is 1. The van der Waals surface area contributed by atoms with Gasteiger partial charge in [0.15, 0.2) is 0 Å². The molecule has 4 rings (SSSR count). The number of fused-ring (bicyclic) bond motifs is 1. The number of thiazole rings is 1. The number of phenolic OH excluding ortho intramolecular Hbond substituents is 1. The summed E-state index contributed by atoms with van der Waals surface area (Å²) in [5, 5.41) is 24.8. The van der Waals surface area contributed by atoms with Crippen LogP contribution >= 0.6 is 11.3 Å². The third-order valence-electron chi connectivity index (χ3n) is 5.48. The number of hydrogen-bond donors (Lipinski definition) is 3. The van der Waals surface area contributed by atoms with Crippen LogP contribution in [-0.2, 0) is 35.3 Å². The van der Waals surface area contributed by atoms with Crippen LogP contribution < -0.4 is 10.1 Å². The monoisotopic (exact) mass is 452 g/mol. The summed E-state index contributed by atoms with van der Waals surface area (Å²) in [5.41, 5.74) is 4.34. The predicted molar refractivity (Wildman–Crippen MR) is 122 cm³/mol. The summed E-state index contributed by atoms with van der Waals surface area (Å²) in [4.78, 5) is 27.1. The van der Waals surface area contributed by atoms with Crippen molar-refractivity contribution in [2.45, 2.75) is 45.4 Å². The van der Waals surface area contributed by atoms with Crippen LogP contribution in [0.5, 0.6) is 17.2 Å². The molecule has 0 aliphatic heterocycles. The topological polar surface area (TPSA) is 109 Å². The van der Waals surface area contributed by atoms with Gasteiger partial charge in [0, 0.05) is 29.2 Å². The normalized spacial score (nSPS) is 12.4. The SMILES string of the molecule is Cc1cc(NC(=O)CC(=O)O)c2c(c1Oc1ccc(O)c(CCc3nccs3)c1)CCC2. The van der Waals surface area contributed by atoms with Crippen LogP contribution in [0.25, 0.3) is 0 Å². The van der Waals surface area contributed by atoms with E-state index in [0.29, 0.717) is 17.9 Å². The number of aryl methyl sites for hydroxylation is 3. The molecule has 1 aromatic heterocycles. The number of nitrogens with zero attached hydrogens (tertiary/aromatic N) is 1. The number of aliphatic carboxylic acids is 1. The average molecular weight is 453 g/mol. The zero-order valence-electron chi connectivity index (χ0n) is 17.7. The van der Waals surface area contributed by atoms with Crippen molar-refractivity contribution < 1.29 is 24.5 Å². The van der Waals surface area contributed by atoms with Crippen molar-refractivity contribution in [1.29, 1.82) is 0 Å². The van der Waals surface area contributed by atoms with Gasteiger partial charge in [-0.2, -0.15) is 0 Å². The third kappa shape index (κ3) is 4.91. The molecule has 0 fully saturated rings. The molecule has 0 unspecified atom stereocenters. The number of rotatable bonds is 8. The van der Waals surface area contributed by atoms with Gasteiger partial charge in [0.05, 0.1) is 5.01 Å². The first-order chi connectivity index (χ1) is 15.4. The molecule has 0 radical (unpaired) electrons. The molecule has 166 valence electrons. The summed E-state index contributed by atoms with van der Waals surface area (Å²) in [6.45, 7) is 1.91. The Balaban J connectivity index is 1.57. The number of aromatic nitrogens is 1. The molecular weight excluding hydrogens is 428 g/mol. The van der Waals surface area contributed by atoms with E-state index in [0.717, 1.165) is 58.7 Å². The molecular formula is C24H24N2O5S. The van der Waals surface area contributed by atoms with E-state index in [9.17, 15) is 14.7 Å². The van der Waals surface area contributed by atoms with Gasteiger partial charge in [0.2, 0.25) is 5.91 Å². The van der Waals surface area contributed by atoms with Crippen molar-refractivity contribution in [1.82, 2.24) is 4.98 Å². The molecule has 0 bridgehead atoms. The van der Waals surface area contributed by atoms with Crippen LogP contribution in [0.1, 0.15) is 40.1 Å². The molecule has 7 nitrogen and oxygen atoms in total. The summed E-state index contributed by atoms with van der Waals surface area (Å²) >= 11 is 1.59. The van der Waals surface area contributed by atoms with E-state index in [1.807, 2.05) is 24.4 Å². The highest BCUT2D eigenvalue weighted by Crippen LogP contribution is 2.41. The van der Waals surface area contributed by atoms with E-state index in [-0.39, 0.29) is 5.75 Å². The largest absolute Gasteiger partial charge is 0.508 e. The van der Waals surface area contributed by atoms with Gasteiger partial charge in [-0.05, 0) is 73.6 Å².